The van der Waals surface area contributed by atoms with Crippen LogP contribution in [-0.2, 0) is 48.3 Å². The van der Waals surface area contributed by atoms with Crippen LogP contribution in [0.1, 0.15) is 33.9 Å². The molecule has 1 aliphatic heterocycles. The van der Waals surface area contributed by atoms with Crippen molar-refractivity contribution in [2.24, 2.45) is 5.92 Å². The Balaban J connectivity index is 1.12. The zero-order valence-corrected chi connectivity index (χ0v) is 16.8. The van der Waals surface area contributed by atoms with E-state index in [9.17, 15) is 4.79 Å². The summed E-state index contributed by atoms with van der Waals surface area (Å²) in [6.07, 6.45) is 7.23. The molecule has 154 valence electrons. The smallest absolute Gasteiger partial charge is 0.249 e. The third kappa shape index (κ3) is 4.09. The number of aromatic nitrogens is 5. The summed E-state index contributed by atoms with van der Waals surface area (Å²) in [5, 5.41) is 10.3. The van der Waals surface area contributed by atoms with E-state index in [1.807, 2.05) is 6.20 Å². The number of aromatic amines is 1. The van der Waals surface area contributed by atoms with Crippen molar-refractivity contribution >= 4 is 5.91 Å². The molecular formula is C22H24N6O2. The highest BCUT2D eigenvalue weighted by Gasteiger charge is 2.27. The van der Waals surface area contributed by atoms with Gasteiger partial charge in [-0.1, -0.05) is 24.3 Å². The predicted molar refractivity (Wildman–Crippen MR) is 108 cm³/mol. The Hall–Kier alpha value is -3.13. The number of amides is 1. The molecule has 3 heterocycles. The fourth-order valence-electron chi connectivity index (χ4n) is 4.30. The van der Waals surface area contributed by atoms with Gasteiger partial charge in [0.2, 0.25) is 5.91 Å². The average molecular weight is 404 g/mol. The number of hydrogen-bond acceptors (Lipinski definition) is 6. The van der Waals surface area contributed by atoms with Crippen LogP contribution in [0.15, 0.2) is 36.7 Å². The number of hydrogen-bond donors (Lipinski definition) is 1. The summed E-state index contributed by atoms with van der Waals surface area (Å²) in [6, 6.07) is 8.65. The van der Waals surface area contributed by atoms with E-state index in [2.05, 4.69) is 44.7 Å². The molecule has 1 amide bonds. The van der Waals surface area contributed by atoms with Gasteiger partial charge in [0.15, 0.2) is 0 Å². The van der Waals surface area contributed by atoms with Crippen LogP contribution in [0.4, 0.5) is 0 Å². The number of fused-ring (bicyclic) bond motifs is 2. The molecule has 3 aromatic rings. The molecule has 8 heteroatoms. The minimum absolute atomic E-state index is 0.0269. The molecule has 1 aromatic carbocycles. The van der Waals surface area contributed by atoms with Gasteiger partial charge in [0.1, 0.15) is 12.4 Å². The Morgan fingerprint density at radius 3 is 2.73 bits per heavy atom. The van der Waals surface area contributed by atoms with Crippen LogP contribution < -0.4 is 0 Å². The second-order valence-electron chi connectivity index (χ2n) is 8.02. The molecule has 0 atom stereocenters. The number of ether oxygens (including phenoxy) is 1. The molecule has 30 heavy (non-hydrogen) atoms. The van der Waals surface area contributed by atoms with Gasteiger partial charge >= 0.3 is 0 Å². The lowest BCUT2D eigenvalue weighted by Gasteiger charge is -2.14. The van der Waals surface area contributed by atoms with Crippen molar-refractivity contribution in [3.8, 4) is 0 Å². The van der Waals surface area contributed by atoms with E-state index in [0.29, 0.717) is 32.0 Å². The van der Waals surface area contributed by atoms with Gasteiger partial charge in [-0.2, -0.15) is 15.4 Å². The summed E-state index contributed by atoms with van der Waals surface area (Å²) in [6.45, 7) is 1.58. The van der Waals surface area contributed by atoms with Gasteiger partial charge in [-0.15, -0.1) is 0 Å². The number of benzene rings is 1. The molecule has 0 fully saturated rings. The first-order valence-electron chi connectivity index (χ1n) is 10.3. The first-order chi connectivity index (χ1) is 14.7. The van der Waals surface area contributed by atoms with E-state index in [1.165, 1.54) is 11.1 Å². The van der Waals surface area contributed by atoms with Gasteiger partial charge in [-0.25, -0.2) is 9.97 Å². The van der Waals surface area contributed by atoms with Gasteiger partial charge in [-0.3, -0.25) is 4.79 Å². The van der Waals surface area contributed by atoms with Crippen LogP contribution in [-0.4, -0.2) is 49.4 Å². The summed E-state index contributed by atoms with van der Waals surface area (Å²) in [5.74, 6) is 1.41. The third-order valence-corrected chi connectivity index (χ3v) is 5.86. The minimum atomic E-state index is -0.0269. The van der Waals surface area contributed by atoms with E-state index in [-0.39, 0.29) is 12.5 Å². The molecule has 0 unspecified atom stereocenters. The van der Waals surface area contributed by atoms with Crippen molar-refractivity contribution in [1.82, 2.24) is 30.3 Å². The third-order valence-electron chi connectivity index (χ3n) is 5.86. The highest BCUT2D eigenvalue weighted by Crippen LogP contribution is 2.29. The van der Waals surface area contributed by atoms with Gasteiger partial charge < -0.3 is 9.64 Å². The zero-order valence-electron chi connectivity index (χ0n) is 16.8. The van der Waals surface area contributed by atoms with Gasteiger partial charge in [-0.05, 0) is 29.9 Å². The van der Waals surface area contributed by atoms with Gasteiger partial charge in [0, 0.05) is 31.1 Å². The van der Waals surface area contributed by atoms with Crippen molar-refractivity contribution in [3.05, 3.63) is 70.6 Å². The second kappa shape index (κ2) is 8.31. The number of nitrogens with one attached hydrogen (secondary N) is 1. The summed E-state index contributed by atoms with van der Waals surface area (Å²) in [7, 11) is 0. The molecule has 1 N–H and O–H groups in total. The molecule has 0 spiro atoms. The molecule has 2 aromatic heterocycles. The molecule has 0 radical (unpaired) electrons. The second-order valence-corrected chi connectivity index (χ2v) is 8.02. The van der Waals surface area contributed by atoms with Crippen LogP contribution in [0.3, 0.4) is 0 Å². The van der Waals surface area contributed by atoms with Crippen molar-refractivity contribution < 1.29 is 9.53 Å². The van der Waals surface area contributed by atoms with Crippen LogP contribution in [0.2, 0.25) is 0 Å². The maximum absolute atomic E-state index is 12.5. The van der Waals surface area contributed by atoms with E-state index in [4.69, 9.17) is 9.72 Å². The van der Waals surface area contributed by atoms with Crippen molar-refractivity contribution in [2.75, 3.05) is 13.2 Å². The summed E-state index contributed by atoms with van der Waals surface area (Å²) < 4.78 is 5.51. The maximum atomic E-state index is 12.5. The number of H-pyrrole nitrogens is 1. The lowest BCUT2D eigenvalue weighted by atomic mass is 10.0. The van der Waals surface area contributed by atoms with Crippen LogP contribution in [0.5, 0.6) is 0 Å². The highest BCUT2D eigenvalue weighted by molar-refractivity contribution is 5.78. The Morgan fingerprint density at radius 2 is 1.97 bits per heavy atom. The first kappa shape index (κ1) is 18.9. The van der Waals surface area contributed by atoms with Gasteiger partial charge in [0.25, 0.3) is 0 Å². The molecule has 5 rings (SSSR count). The average Bonchev–Trinajstić information content (AvgIpc) is 3.49. The lowest BCUT2D eigenvalue weighted by molar-refractivity contribution is -0.136. The number of carbonyl (C=O) groups is 1. The number of nitrogens with zero attached hydrogens (tertiary/aromatic N) is 5. The largest absolute Gasteiger partial charge is 0.371 e. The topological polar surface area (TPSA) is 96.9 Å². The molecule has 0 saturated heterocycles. The van der Waals surface area contributed by atoms with E-state index < -0.39 is 0 Å². The quantitative estimate of drug-likeness (QED) is 0.602. The van der Waals surface area contributed by atoms with Gasteiger partial charge in [0.05, 0.1) is 30.7 Å². The van der Waals surface area contributed by atoms with E-state index in [1.54, 1.807) is 11.1 Å². The first-order valence-corrected chi connectivity index (χ1v) is 10.3. The summed E-state index contributed by atoms with van der Waals surface area (Å²) in [4.78, 5) is 23.6. The molecule has 1 aliphatic carbocycles. The predicted octanol–water partition coefficient (Wildman–Crippen LogP) is 1.65. The summed E-state index contributed by atoms with van der Waals surface area (Å²) in [5.41, 5.74) is 5.72. The summed E-state index contributed by atoms with van der Waals surface area (Å²) >= 11 is 0. The van der Waals surface area contributed by atoms with Crippen LogP contribution in [0.25, 0.3) is 0 Å². The fraction of sp³-hybridized carbons (Fsp3) is 0.409. The molecule has 0 bridgehead atoms. The number of carbonyl (C=O) groups excluding carboxylic acids is 1. The zero-order chi connectivity index (χ0) is 20.3. The SMILES string of the molecule is O=C(COCCc1cn[nH]n1)N1Cc2cnc(CC3Cc4ccccc4C3)nc2C1. The maximum Gasteiger partial charge on any atom is 0.249 e. The van der Waals surface area contributed by atoms with E-state index in [0.717, 1.165) is 42.0 Å². The molecule has 8 nitrogen and oxygen atoms in total. The Kier molecular flexibility index (Phi) is 5.23. The minimum Gasteiger partial charge on any atom is -0.371 e. The normalized spacial score (nSPS) is 15.4. The fourth-order valence-corrected chi connectivity index (χ4v) is 4.30. The Morgan fingerprint density at radius 1 is 1.13 bits per heavy atom. The van der Waals surface area contributed by atoms with Crippen LogP contribution >= 0.6 is 0 Å². The van der Waals surface area contributed by atoms with Crippen molar-refractivity contribution in [3.63, 3.8) is 0 Å². The monoisotopic (exact) mass is 404 g/mol. The number of rotatable bonds is 7. The Bertz CT molecular complexity index is 1010. The Labute approximate surface area is 174 Å². The van der Waals surface area contributed by atoms with E-state index >= 15 is 0 Å². The standard InChI is InChI=1S/C22H24N6O2/c29-22(14-30-6-5-19-11-24-27-26-19)28-12-18-10-23-21(25-20(18)13-28)9-15-7-16-3-1-2-4-17(16)8-15/h1-4,10-11,15H,5-9,12-14H2,(H,24,26,27). The highest BCUT2D eigenvalue weighted by atomic mass is 16.5. The molecule has 2 aliphatic rings. The van der Waals surface area contributed by atoms with Crippen LogP contribution in [0, 0.1) is 5.92 Å². The molecule has 0 saturated carbocycles. The van der Waals surface area contributed by atoms with Crippen molar-refractivity contribution in [2.45, 2.75) is 38.8 Å². The molecular weight excluding hydrogens is 380 g/mol. The van der Waals surface area contributed by atoms with Crippen molar-refractivity contribution in [1.29, 1.82) is 0 Å². The lowest BCUT2D eigenvalue weighted by Crippen LogP contribution is -2.29.